The number of carbonyl (C=O) groups excluding carboxylic acids is 2. The summed E-state index contributed by atoms with van der Waals surface area (Å²) < 4.78 is 1.81. The average Bonchev–Trinajstić information content (AvgIpc) is 3.41. The Hall–Kier alpha value is -3.15. The molecule has 2 N–H and O–H groups in total. The first kappa shape index (κ1) is 18.2. The summed E-state index contributed by atoms with van der Waals surface area (Å²) in [6.45, 7) is 0.345. The van der Waals surface area contributed by atoms with E-state index in [2.05, 4.69) is 15.6 Å². The van der Waals surface area contributed by atoms with Crippen molar-refractivity contribution >= 4 is 22.6 Å². The van der Waals surface area contributed by atoms with Crippen LogP contribution in [0.25, 0.3) is 10.8 Å². The number of carbonyl (C=O) groups is 2. The van der Waals surface area contributed by atoms with Gasteiger partial charge in [-0.3, -0.25) is 9.59 Å². The number of amides is 2. The molecule has 3 aromatic rings. The van der Waals surface area contributed by atoms with E-state index >= 15 is 0 Å². The highest BCUT2D eigenvalue weighted by Crippen LogP contribution is 2.18. The Morgan fingerprint density at radius 2 is 1.89 bits per heavy atom. The molecular weight excluding hydrogens is 352 g/mol. The molecule has 0 bridgehead atoms. The molecule has 1 saturated carbocycles. The number of aromatic nitrogens is 2. The molecule has 6 heteroatoms. The molecule has 0 spiro atoms. The van der Waals surface area contributed by atoms with Crippen molar-refractivity contribution in [1.29, 1.82) is 0 Å². The largest absolute Gasteiger partial charge is 0.352 e. The lowest BCUT2D eigenvalue weighted by atomic mass is 10.1. The quantitative estimate of drug-likeness (QED) is 0.695. The summed E-state index contributed by atoms with van der Waals surface area (Å²) in [5.74, 6) is -0.396. The molecule has 1 unspecified atom stereocenters. The molecular formula is C22H24N4O2. The monoisotopic (exact) mass is 376 g/mol. The third kappa shape index (κ3) is 4.22. The number of nitrogens with zero attached hydrogens (tertiary/aromatic N) is 2. The van der Waals surface area contributed by atoms with Gasteiger partial charge in [0, 0.05) is 24.0 Å². The van der Waals surface area contributed by atoms with Crippen molar-refractivity contribution in [1.82, 2.24) is 20.2 Å². The van der Waals surface area contributed by atoms with Crippen LogP contribution < -0.4 is 10.6 Å². The van der Waals surface area contributed by atoms with Crippen LogP contribution in [-0.4, -0.2) is 33.4 Å². The lowest BCUT2D eigenvalue weighted by Crippen LogP contribution is -2.51. The highest BCUT2D eigenvalue weighted by molar-refractivity contribution is 6.00. The number of hydrogen-bond donors (Lipinski definition) is 2. The van der Waals surface area contributed by atoms with Gasteiger partial charge in [-0.2, -0.15) is 0 Å². The number of benzene rings is 2. The number of hydrogen-bond acceptors (Lipinski definition) is 3. The Labute approximate surface area is 164 Å². The van der Waals surface area contributed by atoms with Crippen LogP contribution in [0.1, 0.15) is 36.0 Å². The van der Waals surface area contributed by atoms with Gasteiger partial charge in [0.15, 0.2) is 0 Å². The van der Waals surface area contributed by atoms with Crippen molar-refractivity contribution in [2.45, 2.75) is 44.3 Å². The molecule has 1 aliphatic carbocycles. The minimum atomic E-state index is -0.659. The van der Waals surface area contributed by atoms with Crippen molar-refractivity contribution < 1.29 is 9.59 Å². The van der Waals surface area contributed by atoms with Crippen molar-refractivity contribution in [2.24, 2.45) is 0 Å². The van der Waals surface area contributed by atoms with Crippen LogP contribution in [0.5, 0.6) is 0 Å². The zero-order valence-electron chi connectivity index (χ0n) is 15.7. The maximum atomic E-state index is 12.9. The van der Waals surface area contributed by atoms with E-state index in [1.54, 1.807) is 29.4 Å². The van der Waals surface area contributed by atoms with Crippen molar-refractivity contribution in [3.63, 3.8) is 0 Å². The fraction of sp³-hybridized carbons (Fsp3) is 0.318. The molecule has 6 nitrogen and oxygen atoms in total. The number of rotatable bonds is 6. The first-order valence-corrected chi connectivity index (χ1v) is 9.75. The Bertz CT molecular complexity index is 962. The molecule has 0 saturated heterocycles. The van der Waals surface area contributed by atoms with E-state index < -0.39 is 6.04 Å². The van der Waals surface area contributed by atoms with Gasteiger partial charge < -0.3 is 15.2 Å². The summed E-state index contributed by atoms with van der Waals surface area (Å²) >= 11 is 0. The molecule has 144 valence electrons. The maximum absolute atomic E-state index is 12.9. The van der Waals surface area contributed by atoms with Crippen LogP contribution >= 0.6 is 0 Å². The first-order chi connectivity index (χ1) is 13.7. The van der Waals surface area contributed by atoms with E-state index in [1.165, 1.54) is 0 Å². The van der Waals surface area contributed by atoms with Crippen LogP contribution in [0.3, 0.4) is 0 Å². The fourth-order valence-electron chi connectivity index (χ4n) is 3.74. The molecule has 28 heavy (non-hydrogen) atoms. The highest BCUT2D eigenvalue weighted by Gasteiger charge is 2.25. The van der Waals surface area contributed by atoms with E-state index in [9.17, 15) is 9.59 Å². The highest BCUT2D eigenvalue weighted by atomic mass is 16.2. The first-order valence-electron chi connectivity index (χ1n) is 9.75. The zero-order chi connectivity index (χ0) is 19.3. The minimum Gasteiger partial charge on any atom is -0.352 e. The van der Waals surface area contributed by atoms with Gasteiger partial charge in [0.2, 0.25) is 5.91 Å². The Morgan fingerprint density at radius 3 is 2.64 bits per heavy atom. The molecule has 0 radical (unpaired) electrons. The summed E-state index contributed by atoms with van der Waals surface area (Å²) in [4.78, 5) is 29.7. The molecule has 1 heterocycles. The molecule has 2 aromatic carbocycles. The zero-order valence-corrected chi connectivity index (χ0v) is 15.7. The van der Waals surface area contributed by atoms with Crippen LogP contribution in [0, 0.1) is 0 Å². The van der Waals surface area contributed by atoms with E-state index in [-0.39, 0.29) is 17.9 Å². The van der Waals surface area contributed by atoms with Crippen LogP contribution in [0.15, 0.2) is 61.2 Å². The molecule has 1 aromatic heterocycles. The van der Waals surface area contributed by atoms with Crippen LogP contribution in [-0.2, 0) is 11.3 Å². The van der Waals surface area contributed by atoms with Gasteiger partial charge in [0.05, 0.1) is 12.9 Å². The number of fused-ring (bicyclic) bond motifs is 1. The second-order valence-electron chi connectivity index (χ2n) is 7.34. The molecule has 1 fully saturated rings. The third-order valence-corrected chi connectivity index (χ3v) is 5.29. The van der Waals surface area contributed by atoms with Crippen LogP contribution in [0.4, 0.5) is 0 Å². The summed E-state index contributed by atoms with van der Waals surface area (Å²) in [6, 6.07) is 13.0. The normalized spacial score (nSPS) is 15.4. The maximum Gasteiger partial charge on any atom is 0.252 e. The molecule has 0 aliphatic heterocycles. The van der Waals surface area contributed by atoms with Gasteiger partial charge in [0.25, 0.3) is 5.91 Å². The third-order valence-electron chi connectivity index (χ3n) is 5.29. The van der Waals surface area contributed by atoms with Crippen molar-refractivity contribution in [3.8, 4) is 0 Å². The second kappa shape index (κ2) is 8.25. The van der Waals surface area contributed by atoms with Gasteiger partial charge in [-0.25, -0.2) is 4.98 Å². The predicted octanol–water partition coefficient (Wildman–Crippen LogP) is 2.89. The van der Waals surface area contributed by atoms with Gasteiger partial charge in [-0.15, -0.1) is 0 Å². The van der Waals surface area contributed by atoms with E-state index in [1.807, 2.05) is 36.4 Å². The summed E-state index contributed by atoms with van der Waals surface area (Å²) in [5, 5.41) is 8.07. The predicted molar refractivity (Wildman–Crippen MR) is 108 cm³/mol. The smallest absolute Gasteiger partial charge is 0.252 e. The molecule has 1 aliphatic rings. The van der Waals surface area contributed by atoms with Gasteiger partial charge in [-0.05, 0) is 35.7 Å². The lowest BCUT2D eigenvalue weighted by molar-refractivity contribution is -0.124. The second-order valence-corrected chi connectivity index (χ2v) is 7.34. The SMILES string of the molecule is O=C(NC(Cn1ccnc1)C(=O)NC1CCCC1)c1ccc2ccccc2c1. The molecule has 2 amide bonds. The van der Waals surface area contributed by atoms with Gasteiger partial charge in [0.1, 0.15) is 6.04 Å². The summed E-state index contributed by atoms with van der Waals surface area (Å²) in [5.41, 5.74) is 0.544. The fourth-order valence-corrected chi connectivity index (χ4v) is 3.74. The van der Waals surface area contributed by atoms with E-state index in [4.69, 9.17) is 0 Å². The molecule has 4 rings (SSSR count). The standard InChI is InChI=1S/C22H24N4O2/c27-21(18-10-9-16-5-1-2-6-17(16)13-18)25-20(14-26-12-11-23-15-26)22(28)24-19-7-3-4-8-19/h1-2,5-6,9-13,15,19-20H,3-4,7-8,14H2,(H,24,28)(H,25,27). The number of nitrogens with one attached hydrogen (secondary N) is 2. The summed E-state index contributed by atoms with van der Waals surface area (Å²) in [7, 11) is 0. The van der Waals surface area contributed by atoms with Gasteiger partial charge in [-0.1, -0.05) is 43.2 Å². The topological polar surface area (TPSA) is 76.0 Å². The van der Waals surface area contributed by atoms with Crippen LogP contribution in [0.2, 0.25) is 0 Å². The Morgan fingerprint density at radius 1 is 1.11 bits per heavy atom. The van der Waals surface area contributed by atoms with Crippen molar-refractivity contribution in [3.05, 3.63) is 66.7 Å². The Balaban J connectivity index is 1.51. The summed E-state index contributed by atoms with van der Waals surface area (Å²) in [6.07, 6.45) is 9.39. The Kier molecular flexibility index (Phi) is 5.37. The van der Waals surface area contributed by atoms with E-state index in [0.717, 1.165) is 36.5 Å². The van der Waals surface area contributed by atoms with E-state index in [0.29, 0.717) is 12.1 Å². The average molecular weight is 376 g/mol. The molecule has 1 atom stereocenters. The minimum absolute atomic E-state index is 0.144. The van der Waals surface area contributed by atoms with Gasteiger partial charge >= 0.3 is 0 Å². The number of imidazole rings is 1. The lowest BCUT2D eigenvalue weighted by Gasteiger charge is -2.21. The van der Waals surface area contributed by atoms with Crippen molar-refractivity contribution in [2.75, 3.05) is 0 Å².